The van der Waals surface area contributed by atoms with Crippen LogP contribution in [0, 0.1) is 0 Å². The molecule has 8 nitrogen and oxygen atoms in total. The molecular weight excluding hydrogens is 404 g/mol. The van der Waals surface area contributed by atoms with Crippen molar-refractivity contribution in [3.8, 4) is 0 Å². The number of para-hydroxylation sites is 1. The van der Waals surface area contributed by atoms with E-state index in [1.807, 2.05) is 12.1 Å². The molecule has 1 N–H and O–H groups in total. The van der Waals surface area contributed by atoms with Gasteiger partial charge in [-0.1, -0.05) is 41.6 Å². The van der Waals surface area contributed by atoms with Gasteiger partial charge in [0.1, 0.15) is 5.75 Å². The molecule has 2 heterocycles. The molecule has 1 amide bonds. The number of amides is 1. The Labute approximate surface area is 174 Å². The van der Waals surface area contributed by atoms with Crippen molar-refractivity contribution in [1.82, 2.24) is 15.5 Å². The maximum absolute atomic E-state index is 12.4. The van der Waals surface area contributed by atoms with Gasteiger partial charge in [-0.15, -0.1) is 0 Å². The third-order valence-electron chi connectivity index (χ3n) is 4.96. The predicted molar refractivity (Wildman–Crippen MR) is 111 cm³/mol. The van der Waals surface area contributed by atoms with Gasteiger partial charge >= 0.3 is 11.8 Å². The highest BCUT2D eigenvalue weighted by Crippen LogP contribution is 2.26. The van der Waals surface area contributed by atoms with Gasteiger partial charge in [-0.3, -0.25) is 4.79 Å². The second-order valence-corrected chi connectivity index (χ2v) is 9.05. The first kappa shape index (κ1) is 20.1. The van der Waals surface area contributed by atoms with Gasteiger partial charge in [0.25, 0.3) is 0 Å². The molecule has 4 rings (SSSR count). The Hall–Kier alpha value is -3.20. The fourth-order valence-electron chi connectivity index (χ4n) is 3.51. The molecule has 0 aliphatic carbocycles. The number of sulfone groups is 1. The zero-order valence-electron chi connectivity index (χ0n) is 16.3. The number of rotatable bonds is 7. The highest BCUT2D eigenvalue weighted by atomic mass is 32.2. The first-order valence-electron chi connectivity index (χ1n) is 9.74. The molecule has 9 heteroatoms. The Kier molecular flexibility index (Phi) is 5.80. The van der Waals surface area contributed by atoms with Gasteiger partial charge < -0.3 is 14.7 Å². The van der Waals surface area contributed by atoms with E-state index in [0.29, 0.717) is 13.1 Å². The highest BCUT2D eigenvalue weighted by Gasteiger charge is 2.22. The van der Waals surface area contributed by atoms with Crippen molar-refractivity contribution >= 4 is 21.4 Å². The van der Waals surface area contributed by atoms with Gasteiger partial charge in [0.15, 0.2) is 15.7 Å². The van der Waals surface area contributed by atoms with Crippen LogP contribution in [0.15, 0.2) is 64.0 Å². The first-order valence-corrected chi connectivity index (χ1v) is 11.4. The topological polar surface area (TPSA) is 105 Å². The Bertz CT molecular complexity index is 1130. The van der Waals surface area contributed by atoms with E-state index in [-0.39, 0.29) is 16.6 Å². The third-order valence-corrected chi connectivity index (χ3v) is 6.59. The lowest BCUT2D eigenvalue weighted by Crippen LogP contribution is -2.37. The summed E-state index contributed by atoms with van der Waals surface area (Å²) >= 11 is 0. The summed E-state index contributed by atoms with van der Waals surface area (Å²) in [6, 6.07) is 16.3. The Morgan fingerprint density at radius 3 is 2.70 bits per heavy atom. The van der Waals surface area contributed by atoms with Crippen LogP contribution in [-0.4, -0.2) is 44.1 Å². The molecule has 1 aliphatic heterocycles. The molecule has 1 aromatic heterocycles. The van der Waals surface area contributed by atoms with Crippen LogP contribution in [0.5, 0.6) is 0 Å². The maximum Gasteiger partial charge on any atom is 0.315 e. The molecule has 0 fully saturated rings. The summed E-state index contributed by atoms with van der Waals surface area (Å²) in [6.07, 6.45) is 2.14. The van der Waals surface area contributed by atoms with Crippen LogP contribution >= 0.6 is 0 Å². The molecular formula is C21H22N4O4S. The molecule has 3 aromatic rings. The normalized spacial score (nSPS) is 13.7. The van der Waals surface area contributed by atoms with Crippen molar-refractivity contribution in [1.29, 1.82) is 0 Å². The number of hydrogen-bond donors (Lipinski definition) is 1. The summed E-state index contributed by atoms with van der Waals surface area (Å²) in [5.74, 6) is -1.24. The number of aryl methyl sites for hydroxylation is 1. The van der Waals surface area contributed by atoms with Gasteiger partial charge in [-0.05, 0) is 36.6 Å². The van der Waals surface area contributed by atoms with Gasteiger partial charge in [0.2, 0.25) is 0 Å². The zero-order valence-corrected chi connectivity index (χ0v) is 17.1. The van der Waals surface area contributed by atoms with E-state index in [0.717, 1.165) is 19.4 Å². The van der Waals surface area contributed by atoms with Crippen LogP contribution in [0.2, 0.25) is 0 Å². The number of anilines is 1. The average Bonchev–Trinajstić information content (AvgIpc) is 3.22. The van der Waals surface area contributed by atoms with Crippen LogP contribution in [-0.2, 0) is 22.0 Å². The maximum atomic E-state index is 12.4. The number of carbonyl (C=O) groups is 1. The second-order valence-electron chi connectivity index (χ2n) is 7.06. The SMILES string of the molecule is O=C(NCCN1CCCc2ccccc21)c1nc(CS(=O)(=O)c2ccccc2)no1. The number of aromatic nitrogens is 2. The Morgan fingerprint density at radius 2 is 1.87 bits per heavy atom. The zero-order chi connectivity index (χ0) is 21.0. The van der Waals surface area contributed by atoms with Gasteiger partial charge in [0.05, 0.1) is 4.90 Å². The van der Waals surface area contributed by atoms with Crippen LogP contribution in [0.25, 0.3) is 0 Å². The molecule has 0 spiro atoms. The van der Waals surface area contributed by atoms with Crippen LogP contribution in [0.3, 0.4) is 0 Å². The summed E-state index contributed by atoms with van der Waals surface area (Å²) < 4.78 is 29.8. The van der Waals surface area contributed by atoms with E-state index in [2.05, 4.69) is 32.5 Å². The number of nitrogens with zero attached hydrogens (tertiary/aromatic N) is 3. The molecule has 0 saturated carbocycles. The largest absolute Gasteiger partial charge is 0.370 e. The van der Waals surface area contributed by atoms with Crippen molar-refractivity contribution in [3.05, 3.63) is 71.9 Å². The van der Waals surface area contributed by atoms with E-state index in [1.165, 1.54) is 23.4 Å². The highest BCUT2D eigenvalue weighted by molar-refractivity contribution is 7.90. The summed E-state index contributed by atoms with van der Waals surface area (Å²) in [6.45, 7) is 2.01. The van der Waals surface area contributed by atoms with Gasteiger partial charge in [0, 0.05) is 25.3 Å². The van der Waals surface area contributed by atoms with Crippen molar-refractivity contribution in [2.24, 2.45) is 0 Å². The van der Waals surface area contributed by atoms with Crippen molar-refractivity contribution in [2.45, 2.75) is 23.5 Å². The summed E-state index contributed by atoms with van der Waals surface area (Å²) in [7, 11) is -3.61. The lowest BCUT2D eigenvalue weighted by Gasteiger charge is -2.31. The number of carbonyl (C=O) groups excluding carboxylic acids is 1. The smallest absolute Gasteiger partial charge is 0.315 e. The minimum atomic E-state index is -3.61. The number of nitrogens with one attached hydrogen (secondary N) is 1. The Balaban J connectivity index is 1.33. The molecule has 156 valence electrons. The quantitative estimate of drug-likeness (QED) is 0.617. The average molecular weight is 426 g/mol. The molecule has 0 saturated heterocycles. The monoisotopic (exact) mass is 426 g/mol. The first-order chi connectivity index (χ1) is 14.5. The van der Waals surface area contributed by atoms with Crippen LogP contribution in [0.4, 0.5) is 5.69 Å². The molecule has 30 heavy (non-hydrogen) atoms. The molecule has 0 unspecified atom stereocenters. The van der Waals surface area contributed by atoms with Crippen LogP contribution in [0.1, 0.15) is 28.5 Å². The van der Waals surface area contributed by atoms with E-state index in [1.54, 1.807) is 18.2 Å². The second kappa shape index (κ2) is 8.66. The van der Waals surface area contributed by atoms with E-state index >= 15 is 0 Å². The van der Waals surface area contributed by atoms with Crippen molar-refractivity contribution in [3.63, 3.8) is 0 Å². The molecule has 0 bridgehead atoms. The van der Waals surface area contributed by atoms with E-state index < -0.39 is 21.5 Å². The number of benzene rings is 2. The summed E-state index contributed by atoms with van der Waals surface area (Å²) in [5, 5.41) is 6.40. The molecule has 2 aromatic carbocycles. The molecule has 0 radical (unpaired) electrons. The minimum absolute atomic E-state index is 0.0473. The fourth-order valence-corrected chi connectivity index (χ4v) is 4.71. The third kappa shape index (κ3) is 4.51. The lowest BCUT2D eigenvalue weighted by molar-refractivity contribution is 0.0911. The van der Waals surface area contributed by atoms with Gasteiger partial charge in [-0.2, -0.15) is 4.98 Å². The number of fused-ring (bicyclic) bond motifs is 1. The fraction of sp³-hybridized carbons (Fsp3) is 0.286. The van der Waals surface area contributed by atoms with Crippen LogP contribution < -0.4 is 10.2 Å². The Morgan fingerprint density at radius 1 is 1.10 bits per heavy atom. The molecule has 1 aliphatic rings. The summed E-state index contributed by atoms with van der Waals surface area (Å²) in [5.41, 5.74) is 2.51. The van der Waals surface area contributed by atoms with Gasteiger partial charge in [-0.25, -0.2) is 8.42 Å². The lowest BCUT2D eigenvalue weighted by atomic mass is 10.0. The van der Waals surface area contributed by atoms with E-state index in [4.69, 9.17) is 4.52 Å². The molecule has 0 atom stereocenters. The van der Waals surface area contributed by atoms with Crippen molar-refractivity contribution < 1.29 is 17.7 Å². The standard InChI is InChI=1S/C21H22N4O4S/c26-20(22-12-14-25-13-6-8-16-7-4-5-11-18(16)25)21-23-19(24-29-21)15-30(27,28)17-9-2-1-3-10-17/h1-5,7,9-11H,6,8,12-15H2,(H,22,26). The van der Waals surface area contributed by atoms with E-state index in [9.17, 15) is 13.2 Å². The summed E-state index contributed by atoms with van der Waals surface area (Å²) in [4.78, 5) is 18.7. The minimum Gasteiger partial charge on any atom is -0.370 e. The van der Waals surface area contributed by atoms with Crippen molar-refractivity contribution in [2.75, 3.05) is 24.5 Å². The number of hydrogen-bond acceptors (Lipinski definition) is 7. The predicted octanol–water partition coefficient (Wildman–Crippen LogP) is 2.23.